The monoisotopic (exact) mass is 267 g/mol. The molecule has 0 bridgehead atoms. The van der Waals surface area contributed by atoms with E-state index >= 15 is 0 Å². The number of nitrogens with one attached hydrogen (secondary N) is 1. The number of aromatic nitrogens is 1. The minimum absolute atomic E-state index is 0.0987. The molecule has 0 saturated carbocycles. The third-order valence-corrected chi connectivity index (χ3v) is 3.29. The van der Waals surface area contributed by atoms with Gasteiger partial charge in [-0.3, -0.25) is 5.41 Å². The highest BCUT2D eigenvalue weighted by atomic mass is 35.5. The van der Waals surface area contributed by atoms with Crippen molar-refractivity contribution < 1.29 is 4.74 Å². The van der Waals surface area contributed by atoms with E-state index in [1.165, 1.54) is 6.20 Å². The van der Waals surface area contributed by atoms with Gasteiger partial charge in [0.25, 0.3) is 0 Å². The van der Waals surface area contributed by atoms with Crippen LogP contribution in [0.1, 0.15) is 10.4 Å². The summed E-state index contributed by atoms with van der Waals surface area (Å²) in [5, 5.41) is 9.60. The molecule has 0 spiro atoms. The first-order chi connectivity index (χ1) is 8.18. The Morgan fingerprint density at radius 3 is 3.00 bits per heavy atom. The average molecular weight is 268 g/mol. The summed E-state index contributed by atoms with van der Waals surface area (Å²) in [4.78, 5) is 5.10. The minimum Gasteiger partial charge on any atom is -0.471 e. The zero-order chi connectivity index (χ0) is 12.3. The van der Waals surface area contributed by atoms with Crippen LogP contribution in [-0.4, -0.2) is 10.8 Å². The van der Waals surface area contributed by atoms with Crippen molar-refractivity contribution in [2.45, 2.75) is 6.61 Å². The van der Waals surface area contributed by atoms with E-state index in [0.717, 1.165) is 4.88 Å². The van der Waals surface area contributed by atoms with Gasteiger partial charge in [0.1, 0.15) is 17.5 Å². The van der Waals surface area contributed by atoms with E-state index in [9.17, 15) is 0 Å². The predicted octanol–water partition coefficient (Wildman–Crippen LogP) is 2.66. The summed E-state index contributed by atoms with van der Waals surface area (Å²) in [7, 11) is 0. The van der Waals surface area contributed by atoms with Gasteiger partial charge >= 0.3 is 0 Å². The first kappa shape index (κ1) is 11.9. The van der Waals surface area contributed by atoms with Crippen molar-refractivity contribution in [3.63, 3.8) is 0 Å². The van der Waals surface area contributed by atoms with Gasteiger partial charge in [-0.2, -0.15) is 0 Å². The number of amidine groups is 1. The number of nitrogen functional groups attached to an aromatic ring is 1. The fraction of sp³-hybridized carbons (Fsp3) is 0.0909. The van der Waals surface area contributed by atoms with E-state index in [0.29, 0.717) is 18.1 Å². The Bertz CT molecular complexity index is 528. The summed E-state index contributed by atoms with van der Waals surface area (Å²) in [5.74, 6) is 0.200. The molecule has 6 heteroatoms. The number of pyridine rings is 1. The molecule has 0 aromatic carbocycles. The average Bonchev–Trinajstić information content (AvgIpc) is 2.80. The normalized spacial score (nSPS) is 10.2. The molecular formula is C11H10ClN3OS. The Morgan fingerprint density at radius 1 is 1.53 bits per heavy atom. The molecule has 4 nitrogen and oxygen atoms in total. The van der Waals surface area contributed by atoms with Gasteiger partial charge in [0.05, 0.1) is 0 Å². The molecule has 0 fully saturated rings. The van der Waals surface area contributed by atoms with E-state index in [-0.39, 0.29) is 10.9 Å². The Hall–Kier alpha value is -1.59. The Morgan fingerprint density at radius 2 is 2.35 bits per heavy atom. The van der Waals surface area contributed by atoms with Crippen LogP contribution in [0, 0.1) is 5.41 Å². The molecule has 0 saturated heterocycles. The topological polar surface area (TPSA) is 72.0 Å². The predicted molar refractivity (Wildman–Crippen MR) is 68.9 cm³/mol. The lowest BCUT2D eigenvalue weighted by molar-refractivity contribution is 0.297. The van der Waals surface area contributed by atoms with Crippen molar-refractivity contribution in [1.82, 2.24) is 4.98 Å². The molecule has 2 heterocycles. The molecule has 0 aliphatic heterocycles. The zero-order valence-corrected chi connectivity index (χ0v) is 10.4. The second kappa shape index (κ2) is 5.16. The van der Waals surface area contributed by atoms with Gasteiger partial charge in [0, 0.05) is 16.6 Å². The van der Waals surface area contributed by atoms with Gasteiger partial charge in [-0.05, 0) is 17.5 Å². The van der Waals surface area contributed by atoms with E-state index in [2.05, 4.69) is 4.98 Å². The maximum Gasteiger partial charge on any atom is 0.233 e. The second-order valence-corrected chi connectivity index (χ2v) is 4.67. The molecule has 2 rings (SSSR count). The number of rotatable bonds is 4. The van der Waals surface area contributed by atoms with Gasteiger partial charge in [-0.1, -0.05) is 17.7 Å². The molecule has 0 atom stereocenters. The first-order valence-corrected chi connectivity index (χ1v) is 6.08. The minimum atomic E-state index is -0.0987. The highest BCUT2D eigenvalue weighted by Gasteiger charge is 2.11. The smallest absolute Gasteiger partial charge is 0.233 e. The largest absolute Gasteiger partial charge is 0.471 e. The van der Waals surface area contributed by atoms with Crippen molar-refractivity contribution in [3.8, 4) is 5.88 Å². The van der Waals surface area contributed by atoms with Crippen LogP contribution in [0.5, 0.6) is 5.88 Å². The molecule has 0 radical (unpaired) electrons. The highest BCUT2D eigenvalue weighted by Crippen LogP contribution is 2.26. The van der Waals surface area contributed by atoms with Gasteiger partial charge < -0.3 is 10.5 Å². The van der Waals surface area contributed by atoms with Gasteiger partial charge in [-0.15, -0.1) is 11.3 Å². The number of thiophene rings is 1. The quantitative estimate of drug-likeness (QED) is 0.661. The number of halogens is 1. The van der Waals surface area contributed by atoms with E-state index in [4.69, 9.17) is 27.5 Å². The van der Waals surface area contributed by atoms with Crippen LogP contribution in [0.25, 0.3) is 0 Å². The van der Waals surface area contributed by atoms with Crippen molar-refractivity contribution in [1.29, 1.82) is 5.41 Å². The van der Waals surface area contributed by atoms with Crippen LogP contribution < -0.4 is 10.5 Å². The summed E-state index contributed by atoms with van der Waals surface area (Å²) in [6, 6.07) is 5.50. The Kier molecular flexibility index (Phi) is 3.61. The molecule has 0 unspecified atom stereocenters. The SMILES string of the molecule is N=C(N)c1ccnc(OCc2cccs2)c1Cl. The van der Waals surface area contributed by atoms with Crippen LogP contribution in [-0.2, 0) is 6.61 Å². The number of nitrogens with zero attached hydrogens (tertiary/aromatic N) is 1. The number of ether oxygens (including phenoxy) is 1. The van der Waals surface area contributed by atoms with Gasteiger partial charge in [0.15, 0.2) is 0 Å². The molecule has 2 aromatic rings. The number of nitrogens with two attached hydrogens (primary N) is 1. The van der Waals surface area contributed by atoms with Crippen molar-refractivity contribution >= 4 is 28.8 Å². The standard InChI is InChI=1S/C11H10ClN3OS/c12-9-8(10(13)14)3-4-15-11(9)16-6-7-2-1-5-17-7/h1-5H,6H2,(H3,13,14). The molecule has 0 aliphatic rings. The summed E-state index contributed by atoms with van der Waals surface area (Å²) in [6.45, 7) is 0.408. The first-order valence-electron chi connectivity index (χ1n) is 4.82. The molecule has 88 valence electrons. The summed E-state index contributed by atoms with van der Waals surface area (Å²) < 4.78 is 5.49. The lowest BCUT2D eigenvalue weighted by Crippen LogP contribution is -2.12. The number of hydrogen-bond acceptors (Lipinski definition) is 4. The highest BCUT2D eigenvalue weighted by molar-refractivity contribution is 7.09. The molecule has 0 aliphatic carbocycles. The number of hydrogen-bond donors (Lipinski definition) is 2. The zero-order valence-electron chi connectivity index (χ0n) is 8.81. The lowest BCUT2D eigenvalue weighted by Gasteiger charge is -2.08. The Balaban J connectivity index is 2.16. The van der Waals surface area contributed by atoms with E-state index in [1.807, 2.05) is 17.5 Å². The van der Waals surface area contributed by atoms with Crippen LogP contribution in [0.3, 0.4) is 0 Å². The van der Waals surface area contributed by atoms with Crippen LogP contribution in [0.15, 0.2) is 29.8 Å². The molecule has 2 aromatic heterocycles. The third-order valence-electron chi connectivity index (χ3n) is 2.08. The van der Waals surface area contributed by atoms with Gasteiger partial charge in [-0.25, -0.2) is 4.98 Å². The van der Waals surface area contributed by atoms with E-state index in [1.54, 1.807) is 17.4 Å². The molecule has 3 N–H and O–H groups in total. The van der Waals surface area contributed by atoms with Crippen LogP contribution in [0.4, 0.5) is 0 Å². The van der Waals surface area contributed by atoms with Crippen molar-refractivity contribution in [3.05, 3.63) is 45.2 Å². The fourth-order valence-corrected chi connectivity index (χ4v) is 2.15. The Labute approximate surface area is 108 Å². The van der Waals surface area contributed by atoms with Crippen molar-refractivity contribution in [2.75, 3.05) is 0 Å². The second-order valence-electron chi connectivity index (χ2n) is 3.26. The van der Waals surface area contributed by atoms with Crippen molar-refractivity contribution in [2.24, 2.45) is 5.73 Å². The maximum atomic E-state index is 7.36. The maximum absolute atomic E-state index is 7.36. The van der Waals surface area contributed by atoms with Crippen LogP contribution in [0.2, 0.25) is 5.02 Å². The van der Waals surface area contributed by atoms with Crippen LogP contribution >= 0.6 is 22.9 Å². The molecule has 0 amide bonds. The molecular weight excluding hydrogens is 258 g/mol. The molecule has 17 heavy (non-hydrogen) atoms. The summed E-state index contributed by atoms with van der Waals surface area (Å²) >= 11 is 7.63. The summed E-state index contributed by atoms with van der Waals surface area (Å²) in [6.07, 6.45) is 1.52. The van der Waals surface area contributed by atoms with E-state index < -0.39 is 0 Å². The summed E-state index contributed by atoms with van der Waals surface area (Å²) in [5.41, 5.74) is 5.82. The lowest BCUT2D eigenvalue weighted by atomic mass is 10.2. The fourth-order valence-electron chi connectivity index (χ4n) is 1.27. The van der Waals surface area contributed by atoms with Gasteiger partial charge in [0.2, 0.25) is 5.88 Å². The third kappa shape index (κ3) is 2.75.